The number of aliphatic hydroxyl groups excluding tert-OH is 1. The summed E-state index contributed by atoms with van der Waals surface area (Å²) in [5.41, 5.74) is 0. The molecule has 1 atom stereocenters. The Labute approximate surface area is 118 Å². The van der Waals surface area contributed by atoms with Crippen LogP contribution in [-0.4, -0.2) is 55.5 Å². The van der Waals surface area contributed by atoms with E-state index in [9.17, 15) is 8.42 Å². The van der Waals surface area contributed by atoms with Crippen LogP contribution in [0.3, 0.4) is 0 Å². The summed E-state index contributed by atoms with van der Waals surface area (Å²) in [6.07, 6.45) is 0.939. The Morgan fingerprint density at radius 2 is 2.21 bits per heavy atom. The third kappa shape index (κ3) is 3.00. The van der Waals surface area contributed by atoms with Crippen LogP contribution >= 0.6 is 11.3 Å². The Morgan fingerprint density at radius 3 is 2.79 bits per heavy atom. The molecule has 1 aliphatic heterocycles. The number of piperazine rings is 1. The van der Waals surface area contributed by atoms with Crippen LogP contribution in [0.4, 0.5) is 0 Å². The van der Waals surface area contributed by atoms with Crippen LogP contribution in [0.5, 0.6) is 0 Å². The van der Waals surface area contributed by atoms with Gasteiger partial charge in [-0.05, 0) is 19.5 Å². The molecule has 1 aromatic rings. The molecule has 1 unspecified atom stereocenters. The van der Waals surface area contributed by atoms with Crippen LogP contribution in [0, 0.1) is 0 Å². The topological polar surface area (TPSA) is 60.9 Å². The Bertz CT molecular complexity index is 527. The Kier molecular flexibility index (Phi) is 4.62. The quantitative estimate of drug-likeness (QED) is 0.900. The van der Waals surface area contributed by atoms with E-state index in [1.807, 2.05) is 7.05 Å². The minimum absolute atomic E-state index is 0.111. The standard InChI is InChI=1S/C12H20N2O3S2/c1-3-10-7-14(5-4-13(10)2)19(16,17)12-6-11(8-15)18-9-12/h6,9-10,15H,3-5,7-8H2,1-2H3. The number of rotatable bonds is 4. The number of hydrogen-bond acceptors (Lipinski definition) is 5. The van der Waals surface area contributed by atoms with Gasteiger partial charge < -0.3 is 10.0 Å². The van der Waals surface area contributed by atoms with Gasteiger partial charge in [0.2, 0.25) is 10.0 Å². The molecule has 0 radical (unpaired) electrons. The fourth-order valence-electron chi connectivity index (χ4n) is 2.30. The highest BCUT2D eigenvalue weighted by Gasteiger charge is 2.32. The fourth-order valence-corrected chi connectivity index (χ4v) is 4.89. The second-order valence-corrected chi connectivity index (χ2v) is 7.75. The molecule has 7 heteroatoms. The second-order valence-electron chi connectivity index (χ2n) is 4.81. The summed E-state index contributed by atoms with van der Waals surface area (Å²) in [5, 5.41) is 10.6. The smallest absolute Gasteiger partial charge is 0.244 e. The molecular weight excluding hydrogens is 284 g/mol. The molecule has 1 aromatic heterocycles. The maximum Gasteiger partial charge on any atom is 0.244 e. The third-order valence-corrected chi connectivity index (χ3v) is 6.55. The van der Waals surface area contributed by atoms with E-state index in [1.165, 1.54) is 11.3 Å². The van der Waals surface area contributed by atoms with Gasteiger partial charge in [-0.2, -0.15) is 4.31 Å². The van der Waals surface area contributed by atoms with Gasteiger partial charge in [0, 0.05) is 35.9 Å². The molecule has 108 valence electrons. The third-order valence-electron chi connectivity index (χ3n) is 3.63. The zero-order chi connectivity index (χ0) is 14.0. The van der Waals surface area contributed by atoms with Crippen LogP contribution in [0.2, 0.25) is 0 Å². The van der Waals surface area contributed by atoms with Crippen LogP contribution in [0.1, 0.15) is 18.2 Å². The van der Waals surface area contributed by atoms with Crippen molar-refractivity contribution >= 4 is 21.4 Å². The molecule has 0 amide bonds. The lowest BCUT2D eigenvalue weighted by Gasteiger charge is -2.38. The summed E-state index contributed by atoms with van der Waals surface area (Å²) in [4.78, 5) is 3.19. The molecule has 0 aromatic carbocycles. The number of thiophene rings is 1. The molecule has 1 N–H and O–H groups in total. The van der Waals surface area contributed by atoms with Crippen molar-refractivity contribution in [2.24, 2.45) is 0 Å². The van der Waals surface area contributed by atoms with Gasteiger partial charge in [0.15, 0.2) is 0 Å². The number of likely N-dealkylation sites (N-methyl/N-ethyl adjacent to an activating group) is 1. The summed E-state index contributed by atoms with van der Waals surface area (Å²) >= 11 is 1.28. The van der Waals surface area contributed by atoms with E-state index in [1.54, 1.807) is 15.8 Å². The maximum absolute atomic E-state index is 12.5. The molecular formula is C12H20N2O3S2. The van der Waals surface area contributed by atoms with Crippen molar-refractivity contribution in [3.8, 4) is 0 Å². The lowest BCUT2D eigenvalue weighted by atomic mass is 10.1. The van der Waals surface area contributed by atoms with Gasteiger partial charge in [0.1, 0.15) is 0 Å². The van der Waals surface area contributed by atoms with Crippen molar-refractivity contribution in [1.82, 2.24) is 9.21 Å². The van der Waals surface area contributed by atoms with Gasteiger partial charge in [-0.25, -0.2) is 8.42 Å². The maximum atomic E-state index is 12.5. The first-order chi connectivity index (χ1) is 8.98. The Morgan fingerprint density at radius 1 is 1.47 bits per heavy atom. The van der Waals surface area contributed by atoms with Gasteiger partial charge in [-0.3, -0.25) is 0 Å². The molecule has 0 bridgehead atoms. The van der Waals surface area contributed by atoms with E-state index >= 15 is 0 Å². The number of nitrogens with zero attached hydrogens (tertiary/aromatic N) is 2. The second kappa shape index (κ2) is 5.88. The normalized spacial score (nSPS) is 22.8. The van der Waals surface area contributed by atoms with Gasteiger partial charge in [0.05, 0.1) is 11.5 Å². The van der Waals surface area contributed by atoms with Gasteiger partial charge >= 0.3 is 0 Å². The van der Waals surface area contributed by atoms with E-state index in [2.05, 4.69) is 11.8 Å². The molecule has 1 fully saturated rings. The van der Waals surface area contributed by atoms with E-state index in [-0.39, 0.29) is 12.6 Å². The Hall–Kier alpha value is -0.470. The predicted molar refractivity (Wildman–Crippen MR) is 75.7 cm³/mol. The molecule has 0 saturated carbocycles. The summed E-state index contributed by atoms with van der Waals surface area (Å²) in [5.74, 6) is 0. The molecule has 0 spiro atoms. The van der Waals surface area contributed by atoms with Crippen molar-refractivity contribution in [2.45, 2.75) is 30.9 Å². The van der Waals surface area contributed by atoms with Crippen molar-refractivity contribution in [3.05, 3.63) is 16.3 Å². The average Bonchev–Trinajstić information content (AvgIpc) is 2.88. The van der Waals surface area contributed by atoms with E-state index in [4.69, 9.17) is 5.11 Å². The summed E-state index contributed by atoms with van der Waals surface area (Å²) in [7, 11) is -1.38. The molecule has 19 heavy (non-hydrogen) atoms. The Balaban J connectivity index is 2.20. The van der Waals surface area contributed by atoms with Crippen molar-refractivity contribution in [3.63, 3.8) is 0 Å². The van der Waals surface area contributed by atoms with Crippen molar-refractivity contribution in [2.75, 3.05) is 26.7 Å². The lowest BCUT2D eigenvalue weighted by Crippen LogP contribution is -2.52. The minimum Gasteiger partial charge on any atom is -0.391 e. The molecule has 1 aliphatic rings. The van der Waals surface area contributed by atoms with Crippen LogP contribution in [0.15, 0.2) is 16.3 Å². The van der Waals surface area contributed by atoms with E-state index < -0.39 is 10.0 Å². The summed E-state index contributed by atoms with van der Waals surface area (Å²) < 4.78 is 26.6. The molecule has 2 heterocycles. The average molecular weight is 304 g/mol. The first-order valence-electron chi connectivity index (χ1n) is 6.37. The van der Waals surface area contributed by atoms with Gasteiger partial charge in [-0.1, -0.05) is 6.92 Å². The fraction of sp³-hybridized carbons (Fsp3) is 0.667. The number of aliphatic hydroxyl groups is 1. The van der Waals surface area contributed by atoms with Crippen LogP contribution in [-0.2, 0) is 16.6 Å². The van der Waals surface area contributed by atoms with Gasteiger partial charge in [0.25, 0.3) is 0 Å². The number of hydrogen-bond donors (Lipinski definition) is 1. The highest BCUT2D eigenvalue weighted by molar-refractivity contribution is 7.89. The first-order valence-corrected chi connectivity index (χ1v) is 8.69. The lowest BCUT2D eigenvalue weighted by molar-refractivity contribution is 0.144. The highest BCUT2D eigenvalue weighted by atomic mass is 32.2. The zero-order valence-corrected chi connectivity index (χ0v) is 12.9. The van der Waals surface area contributed by atoms with Crippen molar-refractivity contribution < 1.29 is 13.5 Å². The van der Waals surface area contributed by atoms with E-state index in [0.717, 1.165) is 13.0 Å². The monoisotopic (exact) mass is 304 g/mol. The SMILES string of the molecule is CCC1CN(S(=O)(=O)c2csc(CO)c2)CCN1C. The number of sulfonamides is 1. The zero-order valence-electron chi connectivity index (χ0n) is 11.2. The summed E-state index contributed by atoms with van der Waals surface area (Å²) in [6, 6.07) is 1.85. The first kappa shape index (κ1) is 14.9. The van der Waals surface area contributed by atoms with Crippen LogP contribution < -0.4 is 0 Å². The van der Waals surface area contributed by atoms with Crippen LogP contribution in [0.25, 0.3) is 0 Å². The largest absolute Gasteiger partial charge is 0.391 e. The minimum atomic E-state index is -3.41. The molecule has 0 aliphatic carbocycles. The molecule has 5 nitrogen and oxygen atoms in total. The van der Waals surface area contributed by atoms with Gasteiger partial charge in [-0.15, -0.1) is 11.3 Å². The van der Waals surface area contributed by atoms with Crippen molar-refractivity contribution in [1.29, 1.82) is 0 Å². The molecule has 2 rings (SSSR count). The summed E-state index contributed by atoms with van der Waals surface area (Å²) in [6.45, 7) is 3.79. The predicted octanol–water partition coefficient (Wildman–Crippen LogP) is 0.955. The molecule has 1 saturated heterocycles. The van der Waals surface area contributed by atoms with E-state index in [0.29, 0.717) is 22.9 Å². The highest BCUT2D eigenvalue weighted by Crippen LogP contribution is 2.25.